The quantitative estimate of drug-likeness (QED) is 0.638. The van der Waals surface area contributed by atoms with Crippen LogP contribution >= 0.6 is 35.3 Å². The molecule has 1 aliphatic heterocycles. The fourth-order valence-electron chi connectivity index (χ4n) is 4.14. The molecule has 1 amide bonds. The van der Waals surface area contributed by atoms with Gasteiger partial charge in [-0.05, 0) is 37.5 Å². The van der Waals surface area contributed by atoms with Crippen molar-refractivity contribution in [1.82, 2.24) is 9.88 Å². The van der Waals surface area contributed by atoms with Crippen LogP contribution in [0.2, 0.25) is 5.02 Å². The summed E-state index contributed by atoms with van der Waals surface area (Å²) in [6.07, 6.45) is 5.56. The van der Waals surface area contributed by atoms with Crippen molar-refractivity contribution < 1.29 is 9.53 Å². The summed E-state index contributed by atoms with van der Waals surface area (Å²) in [6.45, 7) is 6.94. The molecular formula is C21H29Cl2N3O2S. The molecule has 2 fully saturated rings. The van der Waals surface area contributed by atoms with Crippen LogP contribution in [-0.4, -0.2) is 55.2 Å². The van der Waals surface area contributed by atoms with Crippen molar-refractivity contribution in [2.45, 2.75) is 39.0 Å². The highest BCUT2D eigenvalue weighted by atomic mass is 35.5. The summed E-state index contributed by atoms with van der Waals surface area (Å²) in [5.74, 6) is 0.380. The Hall–Kier alpha value is -0.920. The Morgan fingerprint density at radius 2 is 2.00 bits per heavy atom. The average Bonchev–Trinajstić information content (AvgIpc) is 3.17. The number of anilines is 1. The Morgan fingerprint density at radius 3 is 2.72 bits per heavy atom. The van der Waals surface area contributed by atoms with Gasteiger partial charge < -0.3 is 4.74 Å². The number of aryl methyl sites for hydroxylation is 1. The number of nitrogens with zero attached hydrogens (tertiary/aromatic N) is 3. The Labute approximate surface area is 187 Å². The third-order valence-electron chi connectivity index (χ3n) is 5.93. The van der Waals surface area contributed by atoms with Crippen LogP contribution in [0.4, 0.5) is 5.13 Å². The molecule has 2 heterocycles. The van der Waals surface area contributed by atoms with Gasteiger partial charge in [0.15, 0.2) is 5.13 Å². The highest BCUT2D eigenvalue weighted by Crippen LogP contribution is 2.35. The minimum absolute atomic E-state index is 0. The molecule has 1 aromatic carbocycles. The second-order valence-electron chi connectivity index (χ2n) is 7.79. The topological polar surface area (TPSA) is 45.7 Å². The van der Waals surface area contributed by atoms with E-state index in [4.69, 9.17) is 21.3 Å². The van der Waals surface area contributed by atoms with Gasteiger partial charge in [-0.2, -0.15) is 0 Å². The molecule has 0 spiro atoms. The number of fused-ring (bicyclic) bond motifs is 1. The van der Waals surface area contributed by atoms with Crippen molar-refractivity contribution in [3.05, 3.63) is 22.7 Å². The van der Waals surface area contributed by atoms with Crippen molar-refractivity contribution in [1.29, 1.82) is 0 Å². The minimum Gasteiger partial charge on any atom is -0.379 e. The van der Waals surface area contributed by atoms with E-state index in [2.05, 4.69) is 4.90 Å². The molecule has 0 unspecified atom stereocenters. The number of amides is 1. The lowest BCUT2D eigenvalue weighted by atomic mass is 9.88. The SMILES string of the molecule is Cc1c(Cl)ccc2sc(N(CCN3CCOCC3)C(=O)C3CCCCC3)nc12.Cl. The van der Waals surface area contributed by atoms with E-state index in [1.54, 1.807) is 11.3 Å². The Morgan fingerprint density at radius 1 is 1.28 bits per heavy atom. The molecule has 0 radical (unpaired) electrons. The lowest BCUT2D eigenvalue weighted by molar-refractivity contribution is -0.123. The number of hydrogen-bond acceptors (Lipinski definition) is 5. The smallest absolute Gasteiger partial charge is 0.231 e. The summed E-state index contributed by atoms with van der Waals surface area (Å²) in [5, 5.41) is 1.53. The van der Waals surface area contributed by atoms with Gasteiger partial charge in [0, 0.05) is 37.1 Å². The largest absolute Gasteiger partial charge is 0.379 e. The molecule has 1 saturated carbocycles. The van der Waals surface area contributed by atoms with Crippen LogP contribution in [0.1, 0.15) is 37.7 Å². The highest BCUT2D eigenvalue weighted by Gasteiger charge is 2.29. The van der Waals surface area contributed by atoms with Gasteiger partial charge in [0.05, 0.1) is 23.4 Å². The first-order chi connectivity index (χ1) is 13.6. The first kappa shape index (κ1) is 22.8. The van der Waals surface area contributed by atoms with Crippen LogP contribution in [-0.2, 0) is 9.53 Å². The average molecular weight is 458 g/mol. The number of halogens is 2. The number of carbonyl (C=O) groups is 1. The number of carbonyl (C=O) groups excluding carboxylic acids is 1. The normalized spacial score (nSPS) is 18.6. The second-order valence-corrected chi connectivity index (χ2v) is 9.21. The molecule has 1 saturated heterocycles. The van der Waals surface area contributed by atoms with Crippen molar-refractivity contribution in [3.63, 3.8) is 0 Å². The van der Waals surface area contributed by atoms with Crippen molar-refractivity contribution in [2.24, 2.45) is 5.92 Å². The van der Waals surface area contributed by atoms with Crippen LogP contribution in [0.15, 0.2) is 12.1 Å². The number of benzene rings is 1. The predicted octanol–water partition coefficient (Wildman–Crippen LogP) is 4.93. The third kappa shape index (κ3) is 5.23. The van der Waals surface area contributed by atoms with Crippen molar-refractivity contribution in [3.8, 4) is 0 Å². The van der Waals surface area contributed by atoms with E-state index in [9.17, 15) is 4.79 Å². The van der Waals surface area contributed by atoms with E-state index in [-0.39, 0.29) is 24.2 Å². The van der Waals surface area contributed by atoms with Crippen molar-refractivity contribution >= 4 is 56.6 Å². The fraction of sp³-hybridized carbons (Fsp3) is 0.619. The van der Waals surface area contributed by atoms with E-state index in [0.717, 1.165) is 84.5 Å². The molecule has 2 aromatic rings. The molecule has 160 valence electrons. The fourth-order valence-corrected chi connectivity index (χ4v) is 5.35. The molecule has 0 atom stereocenters. The highest BCUT2D eigenvalue weighted by molar-refractivity contribution is 7.22. The van der Waals surface area contributed by atoms with Crippen LogP contribution in [0.3, 0.4) is 0 Å². The number of hydrogen-bond donors (Lipinski definition) is 0. The molecular weight excluding hydrogens is 429 g/mol. The van der Waals surface area contributed by atoms with Gasteiger partial charge in [-0.25, -0.2) is 4.98 Å². The molecule has 1 aromatic heterocycles. The van der Waals surface area contributed by atoms with Crippen LogP contribution in [0, 0.1) is 12.8 Å². The number of aromatic nitrogens is 1. The van der Waals surface area contributed by atoms with Gasteiger partial charge in [-0.1, -0.05) is 42.2 Å². The number of rotatable bonds is 5. The zero-order valence-corrected chi connectivity index (χ0v) is 19.3. The first-order valence-electron chi connectivity index (χ1n) is 10.3. The molecule has 2 aliphatic rings. The standard InChI is InChI=1S/C21H28ClN3O2S.ClH/c1-15-17(22)7-8-18-19(15)23-21(28-18)25(10-9-24-11-13-27-14-12-24)20(26)16-5-3-2-4-6-16;/h7-8,16H,2-6,9-14H2,1H3;1H. The Bertz CT molecular complexity index is 833. The number of thiazole rings is 1. The van der Waals surface area contributed by atoms with Crippen LogP contribution < -0.4 is 4.90 Å². The molecule has 8 heteroatoms. The predicted molar refractivity (Wildman–Crippen MR) is 123 cm³/mol. The maximum atomic E-state index is 13.4. The first-order valence-corrected chi connectivity index (χ1v) is 11.5. The van der Waals surface area contributed by atoms with Crippen LogP contribution in [0.5, 0.6) is 0 Å². The summed E-state index contributed by atoms with van der Waals surface area (Å²) >= 11 is 7.89. The third-order valence-corrected chi connectivity index (χ3v) is 7.38. The van der Waals surface area contributed by atoms with Gasteiger partial charge in [0.2, 0.25) is 5.91 Å². The van der Waals surface area contributed by atoms with Crippen LogP contribution in [0.25, 0.3) is 10.2 Å². The summed E-state index contributed by atoms with van der Waals surface area (Å²) in [7, 11) is 0. The monoisotopic (exact) mass is 457 g/mol. The number of morpholine rings is 1. The zero-order chi connectivity index (χ0) is 19.5. The second kappa shape index (κ2) is 10.4. The maximum absolute atomic E-state index is 13.4. The molecule has 1 aliphatic carbocycles. The summed E-state index contributed by atoms with van der Waals surface area (Å²) < 4.78 is 6.54. The maximum Gasteiger partial charge on any atom is 0.231 e. The minimum atomic E-state index is 0. The van der Waals surface area contributed by atoms with Gasteiger partial charge in [0.25, 0.3) is 0 Å². The van der Waals surface area contributed by atoms with Gasteiger partial charge in [0.1, 0.15) is 0 Å². The molecule has 4 rings (SSSR count). The Kier molecular flexibility index (Phi) is 8.16. The Balaban J connectivity index is 0.00000240. The summed E-state index contributed by atoms with van der Waals surface area (Å²) in [6, 6.07) is 3.93. The van der Waals surface area contributed by atoms with E-state index in [1.165, 1.54) is 6.42 Å². The lowest BCUT2D eigenvalue weighted by Crippen LogP contribution is -2.45. The molecule has 5 nitrogen and oxygen atoms in total. The summed E-state index contributed by atoms with van der Waals surface area (Å²) in [5.41, 5.74) is 1.90. The zero-order valence-electron chi connectivity index (χ0n) is 16.9. The van der Waals surface area contributed by atoms with E-state index < -0.39 is 0 Å². The number of ether oxygens (including phenoxy) is 1. The van der Waals surface area contributed by atoms with Gasteiger partial charge in [-0.15, -0.1) is 12.4 Å². The summed E-state index contributed by atoms with van der Waals surface area (Å²) in [4.78, 5) is 22.6. The molecule has 29 heavy (non-hydrogen) atoms. The van der Waals surface area contributed by atoms with E-state index in [1.807, 2.05) is 24.0 Å². The molecule has 0 bridgehead atoms. The van der Waals surface area contributed by atoms with E-state index >= 15 is 0 Å². The van der Waals surface area contributed by atoms with Gasteiger partial charge >= 0.3 is 0 Å². The van der Waals surface area contributed by atoms with Crippen molar-refractivity contribution in [2.75, 3.05) is 44.3 Å². The van der Waals surface area contributed by atoms with E-state index in [0.29, 0.717) is 6.54 Å². The lowest BCUT2D eigenvalue weighted by Gasteiger charge is -2.31. The molecule has 0 N–H and O–H groups in total. The van der Waals surface area contributed by atoms with Gasteiger partial charge in [-0.3, -0.25) is 14.6 Å².